The normalized spacial score (nSPS) is 12.0. The van der Waals surface area contributed by atoms with Gasteiger partial charge in [-0.1, -0.05) is 24.3 Å². The van der Waals surface area contributed by atoms with Crippen LogP contribution in [0.4, 0.5) is 0 Å². The Morgan fingerprint density at radius 3 is 1.54 bits per heavy atom. The average Bonchev–Trinajstić information content (AvgIpc) is 2.62. The number of ether oxygens (including phenoxy) is 2. The van der Waals surface area contributed by atoms with Gasteiger partial charge >= 0.3 is 0 Å². The smallest absolute Gasteiger partial charge is 0.129 e. The molecular formula is C21H29N2O2P. The highest BCUT2D eigenvalue weighted by atomic mass is 31.1. The van der Waals surface area contributed by atoms with E-state index in [4.69, 9.17) is 14.5 Å². The van der Waals surface area contributed by atoms with Gasteiger partial charge in [-0.25, -0.2) is 0 Å². The molecule has 0 unspecified atom stereocenters. The average molecular weight is 372 g/mol. The first-order valence-corrected chi connectivity index (χ1v) is 10.2. The molecule has 2 rings (SSSR count). The topological polar surface area (TPSA) is 42.8 Å². The molecule has 0 aliphatic heterocycles. The predicted octanol–water partition coefficient (Wildman–Crippen LogP) is 3.90. The van der Waals surface area contributed by atoms with Crippen LogP contribution in [0.3, 0.4) is 0 Å². The van der Waals surface area contributed by atoms with Gasteiger partial charge in [0.25, 0.3) is 0 Å². The molecule has 0 bridgehead atoms. The number of methoxy groups -OCH3 is 2. The highest BCUT2D eigenvalue weighted by molar-refractivity contribution is 7.88. The zero-order valence-electron chi connectivity index (χ0n) is 16.5. The van der Waals surface area contributed by atoms with E-state index in [1.54, 1.807) is 14.2 Å². The van der Waals surface area contributed by atoms with Gasteiger partial charge in [-0.05, 0) is 62.6 Å². The molecule has 0 atom stereocenters. The molecule has 4 nitrogen and oxygen atoms in total. The third-order valence-corrected chi connectivity index (χ3v) is 5.97. The quantitative estimate of drug-likeness (QED) is 0.455. The number of nitrogens with one attached hydrogen (secondary N) is 1. The molecule has 0 fully saturated rings. The Hall–Kier alpha value is -2.06. The molecule has 1 N–H and O–H groups in total. The standard InChI is InChI=1S/C21H29N2O2P/c1-15(2)22-21(23-16(3)4)26(19-11-7-17(24-5)8-12-19)20-13-9-18(25-6)10-14-20/h7-16H,1-6H3,(H,22,23). The highest BCUT2D eigenvalue weighted by Crippen LogP contribution is 2.36. The van der Waals surface area contributed by atoms with Gasteiger partial charge in [0, 0.05) is 20.0 Å². The number of nitrogens with zero attached hydrogens (tertiary/aromatic N) is 1. The number of benzene rings is 2. The molecular weight excluding hydrogens is 343 g/mol. The van der Waals surface area contributed by atoms with Crippen LogP contribution in [-0.4, -0.2) is 31.9 Å². The van der Waals surface area contributed by atoms with Crippen molar-refractivity contribution in [2.45, 2.75) is 39.8 Å². The van der Waals surface area contributed by atoms with Crippen molar-refractivity contribution in [2.24, 2.45) is 4.99 Å². The minimum absolute atomic E-state index is 0.220. The molecule has 0 spiro atoms. The van der Waals surface area contributed by atoms with Gasteiger partial charge in [-0.3, -0.25) is 4.99 Å². The monoisotopic (exact) mass is 372 g/mol. The van der Waals surface area contributed by atoms with Crippen molar-refractivity contribution >= 4 is 24.1 Å². The third-order valence-electron chi connectivity index (χ3n) is 3.67. The van der Waals surface area contributed by atoms with Crippen LogP contribution in [0.2, 0.25) is 0 Å². The van der Waals surface area contributed by atoms with Crippen molar-refractivity contribution in [1.29, 1.82) is 0 Å². The highest BCUT2D eigenvalue weighted by Gasteiger charge is 2.22. The number of hydrogen-bond donors (Lipinski definition) is 1. The van der Waals surface area contributed by atoms with E-state index in [1.807, 2.05) is 24.3 Å². The number of rotatable bonds is 7. The molecule has 140 valence electrons. The van der Waals surface area contributed by atoms with Crippen LogP contribution < -0.4 is 25.4 Å². The largest absolute Gasteiger partial charge is 0.497 e. The summed E-state index contributed by atoms with van der Waals surface area (Å²) in [4.78, 5) is 4.93. The molecule has 0 amide bonds. The second-order valence-corrected chi connectivity index (χ2v) is 8.70. The van der Waals surface area contributed by atoms with Crippen LogP contribution in [0.25, 0.3) is 0 Å². The summed E-state index contributed by atoms with van der Waals surface area (Å²) >= 11 is 0. The van der Waals surface area contributed by atoms with Crippen LogP contribution in [0.5, 0.6) is 11.5 Å². The summed E-state index contributed by atoms with van der Waals surface area (Å²) in [5.41, 5.74) is 1.04. The molecule has 0 aromatic heterocycles. The van der Waals surface area contributed by atoms with E-state index in [2.05, 4.69) is 57.3 Å². The lowest BCUT2D eigenvalue weighted by Crippen LogP contribution is -2.34. The molecule has 2 aromatic carbocycles. The zero-order valence-corrected chi connectivity index (χ0v) is 17.4. The minimum Gasteiger partial charge on any atom is -0.497 e. The lowest BCUT2D eigenvalue weighted by molar-refractivity contribution is 0.415. The molecule has 0 aliphatic carbocycles. The summed E-state index contributed by atoms with van der Waals surface area (Å²) in [5.74, 6) is 1.72. The van der Waals surface area contributed by atoms with Gasteiger partial charge in [-0.2, -0.15) is 0 Å². The summed E-state index contributed by atoms with van der Waals surface area (Å²) in [7, 11) is 2.59. The molecule has 0 saturated carbocycles. The van der Waals surface area contributed by atoms with Crippen LogP contribution >= 0.6 is 7.92 Å². The molecule has 5 heteroatoms. The Balaban J connectivity index is 2.53. The summed E-state index contributed by atoms with van der Waals surface area (Å²) in [6.45, 7) is 8.51. The fourth-order valence-electron chi connectivity index (χ4n) is 2.52. The van der Waals surface area contributed by atoms with Crippen LogP contribution in [0.1, 0.15) is 27.7 Å². The van der Waals surface area contributed by atoms with Crippen molar-refractivity contribution in [1.82, 2.24) is 5.32 Å². The fraction of sp³-hybridized carbons (Fsp3) is 0.381. The maximum atomic E-state index is 5.32. The van der Waals surface area contributed by atoms with Crippen LogP contribution in [0.15, 0.2) is 53.5 Å². The van der Waals surface area contributed by atoms with Crippen molar-refractivity contribution in [3.8, 4) is 11.5 Å². The second-order valence-electron chi connectivity index (χ2n) is 6.58. The lowest BCUT2D eigenvalue weighted by Gasteiger charge is -2.25. The van der Waals surface area contributed by atoms with E-state index in [0.717, 1.165) is 17.1 Å². The number of aliphatic imine (C=N–C) groups is 1. The molecule has 0 radical (unpaired) electrons. The van der Waals surface area contributed by atoms with Crippen molar-refractivity contribution in [3.05, 3.63) is 48.5 Å². The molecule has 0 heterocycles. The van der Waals surface area contributed by atoms with Gasteiger partial charge in [0.15, 0.2) is 0 Å². The third kappa shape index (κ3) is 5.47. The van der Waals surface area contributed by atoms with E-state index in [9.17, 15) is 0 Å². The Labute approximate surface area is 158 Å². The van der Waals surface area contributed by atoms with Gasteiger partial charge < -0.3 is 14.8 Å². The predicted molar refractivity (Wildman–Crippen MR) is 113 cm³/mol. The first-order valence-electron chi connectivity index (χ1n) is 8.87. The molecule has 2 aromatic rings. The summed E-state index contributed by atoms with van der Waals surface area (Å²) in [6.07, 6.45) is 0. The summed E-state index contributed by atoms with van der Waals surface area (Å²) in [5, 5.41) is 6.05. The fourth-order valence-corrected chi connectivity index (χ4v) is 4.93. The Morgan fingerprint density at radius 1 is 0.808 bits per heavy atom. The van der Waals surface area contributed by atoms with Crippen molar-refractivity contribution in [2.75, 3.05) is 14.2 Å². The van der Waals surface area contributed by atoms with E-state index < -0.39 is 7.92 Å². The van der Waals surface area contributed by atoms with E-state index in [-0.39, 0.29) is 6.04 Å². The lowest BCUT2D eigenvalue weighted by atomic mass is 10.3. The van der Waals surface area contributed by atoms with Crippen molar-refractivity contribution < 1.29 is 9.47 Å². The number of amidine groups is 1. The Kier molecular flexibility index (Phi) is 7.47. The van der Waals surface area contributed by atoms with Gasteiger partial charge in [0.1, 0.15) is 17.1 Å². The maximum Gasteiger partial charge on any atom is 0.129 e. The van der Waals surface area contributed by atoms with Gasteiger partial charge in [-0.15, -0.1) is 0 Å². The number of hydrogen-bond acceptors (Lipinski definition) is 3. The Morgan fingerprint density at radius 2 is 1.23 bits per heavy atom. The van der Waals surface area contributed by atoms with Gasteiger partial charge in [0.2, 0.25) is 0 Å². The minimum atomic E-state index is -0.786. The first kappa shape index (κ1) is 20.3. The summed E-state index contributed by atoms with van der Waals surface area (Å²) in [6, 6.07) is 17.1. The SMILES string of the molecule is COc1ccc(P(C(=NC(C)C)NC(C)C)c2ccc(OC)cc2)cc1. The van der Waals surface area contributed by atoms with Crippen LogP contribution in [0, 0.1) is 0 Å². The maximum absolute atomic E-state index is 5.32. The first-order chi connectivity index (χ1) is 12.4. The van der Waals surface area contributed by atoms with E-state index in [1.165, 1.54) is 10.6 Å². The van der Waals surface area contributed by atoms with Gasteiger partial charge in [0.05, 0.1) is 14.2 Å². The van der Waals surface area contributed by atoms with E-state index in [0.29, 0.717) is 6.04 Å². The molecule has 0 saturated heterocycles. The zero-order chi connectivity index (χ0) is 19.1. The van der Waals surface area contributed by atoms with Crippen molar-refractivity contribution in [3.63, 3.8) is 0 Å². The Bertz CT molecular complexity index is 662. The second kappa shape index (κ2) is 9.59. The van der Waals surface area contributed by atoms with E-state index >= 15 is 0 Å². The molecule has 26 heavy (non-hydrogen) atoms. The molecule has 0 aliphatic rings. The van der Waals surface area contributed by atoms with Crippen LogP contribution in [-0.2, 0) is 0 Å². The summed E-state index contributed by atoms with van der Waals surface area (Å²) < 4.78 is 10.6.